The Balaban J connectivity index is 1.93. The molecule has 108 valence electrons. The Morgan fingerprint density at radius 1 is 1.32 bits per heavy atom. The SMILES string of the molecule is CCOC(=O)CC(=N)[C@@H]1OC2(CCCCC2)O[C@H]1C. The van der Waals surface area contributed by atoms with E-state index in [1.54, 1.807) is 6.92 Å². The number of nitrogens with one attached hydrogen (secondary N) is 1. The highest BCUT2D eigenvalue weighted by atomic mass is 16.8. The lowest BCUT2D eigenvalue weighted by Gasteiger charge is -2.31. The van der Waals surface area contributed by atoms with Crippen LogP contribution in [0.5, 0.6) is 0 Å². The minimum absolute atomic E-state index is 0.0116. The number of carbonyl (C=O) groups is 1. The van der Waals surface area contributed by atoms with E-state index >= 15 is 0 Å². The molecule has 1 spiro atoms. The van der Waals surface area contributed by atoms with E-state index in [0.717, 1.165) is 25.7 Å². The molecule has 1 N–H and O–H groups in total. The molecule has 2 aliphatic rings. The van der Waals surface area contributed by atoms with Crippen molar-refractivity contribution in [1.29, 1.82) is 5.41 Å². The number of carbonyl (C=O) groups excluding carboxylic acids is 1. The lowest BCUT2D eigenvalue weighted by Crippen LogP contribution is -2.35. The van der Waals surface area contributed by atoms with Crippen molar-refractivity contribution >= 4 is 11.7 Å². The lowest BCUT2D eigenvalue weighted by atomic mass is 9.94. The summed E-state index contributed by atoms with van der Waals surface area (Å²) in [5.41, 5.74) is 0.258. The molecule has 19 heavy (non-hydrogen) atoms. The van der Waals surface area contributed by atoms with Crippen LogP contribution in [0.15, 0.2) is 0 Å². The third-order valence-corrected chi connectivity index (χ3v) is 3.77. The quantitative estimate of drug-likeness (QED) is 0.628. The summed E-state index contributed by atoms with van der Waals surface area (Å²) in [5, 5.41) is 8.02. The van der Waals surface area contributed by atoms with Gasteiger partial charge in [-0.2, -0.15) is 0 Å². The monoisotopic (exact) mass is 269 g/mol. The second-order valence-corrected chi connectivity index (χ2v) is 5.34. The minimum atomic E-state index is -0.511. The summed E-state index contributed by atoms with van der Waals surface area (Å²) in [4.78, 5) is 11.4. The summed E-state index contributed by atoms with van der Waals surface area (Å²) in [6.45, 7) is 4.01. The van der Waals surface area contributed by atoms with Crippen LogP contribution in [-0.2, 0) is 19.0 Å². The van der Waals surface area contributed by atoms with Crippen LogP contribution in [-0.4, -0.2) is 36.3 Å². The van der Waals surface area contributed by atoms with E-state index in [-0.39, 0.29) is 24.2 Å². The van der Waals surface area contributed by atoms with Crippen LogP contribution in [0.1, 0.15) is 52.4 Å². The van der Waals surface area contributed by atoms with E-state index in [1.165, 1.54) is 6.42 Å². The summed E-state index contributed by atoms with van der Waals surface area (Å²) in [7, 11) is 0. The van der Waals surface area contributed by atoms with Gasteiger partial charge < -0.3 is 19.6 Å². The normalized spacial score (nSPS) is 29.4. The van der Waals surface area contributed by atoms with Gasteiger partial charge in [-0.15, -0.1) is 0 Å². The fourth-order valence-corrected chi connectivity index (χ4v) is 2.90. The summed E-state index contributed by atoms with van der Waals surface area (Å²) in [6, 6.07) is 0. The average molecular weight is 269 g/mol. The van der Waals surface area contributed by atoms with Crippen molar-refractivity contribution in [3.8, 4) is 0 Å². The topological polar surface area (TPSA) is 68.6 Å². The van der Waals surface area contributed by atoms with E-state index in [4.69, 9.17) is 19.6 Å². The van der Waals surface area contributed by atoms with Crippen molar-refractivity contribution in [3.63, 3.8) is 0 Å². The third-order valence-electron chi connectivity index (χ3n) is 3.77. The molecule has 0 unspecified atom stereocenters. The van der Waals surface area contributed by atoms with Crippen LogP contribution >= 0.6 is 0 Å². The van der Waals surface area contributed by atoms with Crippen molar-refractivity contribution in [1.82, 2.24) is 0 Å². The Kier molecular flexibility index (Phi) is 4.58. The first-order valence-electron chi connectivity index (χ1n) is 7.15. The number of hydrogen-bond acceptors (Lipinski definition) is 5. The van der Waals surface area contributed by atoms with Crippen molar-refractivity contribution in [3.05, 3.63) is 0 Å². The molecule has 0 aromatic heterocycles. The van der Waals surface area contributed by atoms with Crippen LogP contribution in [0.25, 0.3) is 0 Å². The molecule has 5 nitrogen and oxygen atoms in total. The summed E-state index contributed by atoms with van der Waals surface area (Å²) >= 11 is 0. The Morgan fingerprint density at radius 2 is 2.00 bits per heavy atom. The van der Waals surface area contributed by atoms with E-state index in [1.807, 2.05) is 6.92 Å². The zero-order valence-corrected chi connectivity index (χ0v) is 11.7. The Morgan fingerprint density at radius 3 is 2.63 bits per heavy atom. The van der Waals surface area contributed by atoms with Gasteiger partial charge in [0.05, 0.1) is 24.8 Å². The molecular formula is C14H23NO4. The molecule has 1 saturated heterocycles. The smallest absolute Gasteiger partial charge is 0.311 e. The first-order chi connectivity index (χ1) is 9.06. The van der Waals surface area contributed by atoms with Crippen LogP contribution in [0.3, 0.4) is 0 Å². The molecule has 0 bridgehead atoms. The van der Waals surface area contributed by atoms with Crippen LogP contribution in [0.2, 0.25) is 0 Å². The fourth-order valence-electron chi connectivity index (χ4n) is 2.90. The molecule has 0 amide bonds. The summed E-state index contributed by atoms with van der Waals surface area (Å²) in [6.07, 6.45) is 4.61. The van der Waals surface area contributed by atoms with Crippen molar-refractivity contribution in [2.24, 2.45) is 0 Å². The van der Waals surface area contributed by atoms with Gasteiger partial charge in [-0.25, -0.2) is 0 Å². The fraction of sp³-hybridized carbons (Fsp3) is 0.857. The van der Waals surface area contributed by atoms with Gasteiger partial charge in [0.2, 0.25) is 0 Å². The van der Waals surface area contributed by atoms with Gasteiger partial charge in [-0.3, -0.25) is 4.79 Å². The molecule has 0 aromatic rings. The molecule has 0 aromatic carbocycles. The Hall–Kier alpha value is -0.940. The van der Waals surface area contributed by atoms with Crippen LogP contribution < -0.4 is 0 Å². The summed E-state index contributed by atoms with van der Waals surface area (Å²) in [5.74, 6) is -0.878. The van der Waals surface area contributed by atoms with E-state index in [2.05, 4.69) is 0 Å². The first kappa shape index (κ1) is 14.5. The maximum Gasteiger partial charge on any atom is 0.311 e. The van der Waals surface area contributed by atoms with E-state index in [0.29, 0.717) is 6.61 Å². The maximum atomic E-state index is 11.4. The molecule has 2 atom stereocenters. The minimum Gasteiger partial charge on any atom is -0.466 e. The van der Waals surface area contributed by atoms with Crippen LogP contribution in [0, 0.1) is 5.41 Å². The second-order valence-electron chi connectivity index (χ2n) is 5.34. The predicted octanol–water partition coefficient (Wildman–Crippen LogP) is 2.42. The van der Waals surface area contributed by atoms with Crippen molar-refractivity contribution in [2.75, 3.05) is 6.61 Å². The zero-order chi connectivity index (χ0) is 13.9. The van der Waals surface area contributed by atoms with Gasteiger partial charge in [0.15, 0.2) is 5.79 Å². The highest BCUT2D eigenvalue weighted by molar-refractivity contribution is 6.00. The van der Waals surface area contributed by atoms with Gasteiger partial charge >= 0.3 is 5.97 Å². The standard InChI is InChI=1S/C14H23NO4/c1-3-17-12(16)9-11(15)13-10(2)18-14(19-13)7-5-4-6-8-14/h10,13,15H,3-9H2,1-2H3/t10-,13+/m0/s1. The number of esters is 1. The largest absolute Gasteiger partial charge is 0.466 e. The van der Waals surface area contributed by atoms with Crippen molar-refractivity contribution < 1.29 is 19.0 Å². The molecule has 2 rings (SSSR count). The number of rotatable bonds is 4. The molecule has 0 radical (unpaired) electrons. The third kappa shape index (κ3) is 3.34. The summed E-state index contributed by atoms with van der Waals surface area (Å²) < 4.78 is 16.8. The van der Waals surface area contributed by atoms with Gasteiger partial charge in [0.1, 0.15) is 6.10 Å². The zero-order valence-electron chi connectivity index (χ0n) is 11.7. The van der Waals surface area contributed by atoms with E-state index < -0.39 is 11.9 Å². The average Bonchev–Trinajstić information content (AvgIpc) is 2.67. The number of hydrogen-bond donors (Lipinski definition) is 1. The Bertz CT molecular complexity index is 349. The molecule has 2 fully saturated rings. The maximum absolute atomic E-state index is 11.4. The second kappa shape index (κ2) is 6.01. The van der Waals surface area contributed by atoms with Crippen molar-refractivity contribution in [2.45, 2.75) is 70.4 Å². The molecule has 5 heteroatoms. The van der Waals surface area contributed by atoms with Gasteiger partial charge in [-0.05, 0) is 26.7 Å². The lowest BCUT2D eigenvalue weighted by molar-refractivity contribution is -0.189. The molecule has 1 aliphatic heterocycles. The number of ether oxygens (including phenoxy) is 3. The molecule has 1 heterocycles. The van der Waals surface area contributed by atoms with Gasteiger partial charge in [0, 0.05) is 12.8 Å². The Labute approximate surface area is 114 Å². The highest BCUT2D eigenvalue weighted by Gasteiger charge is 2.47. The first-order valence-corrected chi connectivity index (χ1v) is 7.15. The van der Waals surface area contributed by atoms with Gasteiger partial charge in [0.25, 0.3) is 0 Å². The predicted molar refractivity (Wildman–Crippen MR) is 70.2 cm³/mol. The molecule has 1 aliphatic carbocycles. The van der Waals surface area contributed by atoms with Gasteiger partial charge in [-0.1, -0.05) is 6.42 Å². The van der Waals surface area contributed by atoms with E-state index in [9.17, 15) is 4.79 Å². The molecule has 1 saturated carbocycles. The highest BCUT2D eigenvalue weighted by Crippen LogP contribution is 2.40. The van der Waals surface area contributed by atoms with Crippen LogP contribution in [0.4, 0.5) is 0 Å². The molecular weight excluding hydrogens is 246 g/mol.